The number of aryl methyl sites for hydroxylation is 3. The number of hydrogen-bond acceptors (Lipinski definition) is 2. The van der Waals surface area contributed by atoms with Crippen molar-refractivity contribution < 1.29 is 0 Å². The predicted molar refractivity (Wildman–Crippen MR) is 65.3 cm³/mol. The molecule has 2 rings (SSSR count). The molecule has 0 amide bonds. The predicted octanol–water partition coefficient (Wildman–Crippen LogP) is 3.41. The summed E-state index contributed by atoms with van der Waals surface area (Å²) in [5.41, 5.74) is 3.88. The molecule has 2 heterocycles. The van der Waals surface area contributed by atoms with Crippen LogP contribution in [0.5, 0.6) is 0 Å². The van der Waals surface area contributed by atoms with Crippen LogP contribution in [0.3, 0.4) is 0 Å². The molecule has 0 bridgehead atoms. The van der Waals surface area contributed by atoms with Crippen molar-refractivity contribution in [2.24, 2.45) is 7.05 Å². The molecule has 0 saturated heterocycles. The van der Waals surface area contributed by atoms with Gasteiger partial charge in [0.05, 0.1) is 11.9 Å². The number of rotatable bonds is 3. The number of hydrogen-bond donors (Lipinski definition) is 0. The summed E-state index contributed by atoms with van der Waals surface area (Å²) in [4.78, 5) is 1.48. The van der Waals surface area contributed by atoms with Gasteiger partial charge in [-0.25, -0.2) is 0 Å². The number of nitrogens with zero attached hydrogens (tertiary/aromatic N) is 2. The van der Waals surface area contributed by atoms with Crippen LogP contribution in [0.4, 0.5) is 0 Å². The zero-order chi connectivity index (χ0) is 10.8. The minimum atomic E-state index is 1.16. The van der Waals surface area contributed by atoms with Crippen molar-refractivity contribution in [3.63, 3.8) is 0 Å². The Morgan fingerprint density at radius 1 is 1.47 bits per heavy atom. The summed E-state index contributed by atoms with van der Waals surface area (Å²) >= 11 is 1.85. The molecular weight excluding hydrogens is 204 g/mol. The average molecular weight is 220 g/mol. The molecule has 0 spiro atoms. The molecule has 0 aromatic carbocycles. The largest absolute Gasteiger partial charge is 0.268 e. The molecule has 0 saturated carbocycles. The van der Waals surface area contributed by atoms with Crippen molar-refractivity contribution in [2.45, 2.75) is 26.7 Å². The first-order valence-electron chi connectivity index (χ1n) is 5.29. The topological polar surface area (TPSA) is 17.8 Å². The van der Waals surface area contributed by atoms with Crippen LogP contribution in [0.15, 0.2) is 17.6 Å². The molecule has 2 aromatic rings. The SMILES string of the molecule is CCCc1sccc1-c1c(C)cnn1C. The smallest absolute Gasteiger partial charge is 0.0719 e. The van der Waals surface area contributed by atoms with Crippen molar-refractivity contribution in [3.8, 4) is 11.3 Å². The average Bonchev–Trinajstić information content (AvgIpc) is 2.75. The number of aromatic nitrogens is 2. The first-order valence-corrected chi connectivity index (χ1v) is 6.17. The zero-order valence-electron chi connectivity index (χ0n) is 9.45. The Kier molecular flexibility index (Phi) is 2.91. The van der Waals surface area contributed by atoms with Gasteiger partial charge in [-0.2, -0.15) is 5.10 Å². The summed E-state index contributed by atoms with van der Waals surface area (Å²) in [5.74, 6) is 0. The van der Waals surface area contributed by atoms with Crippen LogP contribution in [0, 0.1) is 6.92 Å². The Morgan fingerprint density at radius 3 is 2.87 bits per heavy atom. The van der Waals surface area contributed by atoms with Crippen molar-refractivity contribution >= 4 is 11.3 Å². The Bertz CT molecular complexity index is 434. The van der Waals surface area contributed by atoms with E-state index < -0.39 is 0 Å². The van der Waals surface area contributed by atoms with Gasteiger partial charge in [-0.05, 0) is 30.4 Å². The second kappa shape index (κ2) is 4.19. The van der Waals surface area contributed by atoms with Gasteiger partial charge in [0.15, 0.2) is 0 Å². The van der Waals surface area contributed by atoms with Crippen molar-refractivity contribution in [2.75, 3.05) is 0 Å². The second-order valence-corrected chi connectivity index (χ2v) is 4.81. The van der Waals surface area contributed by atoms with E-state index in [1.807, 2.05) is 29.3 Å². The Labute approximate surface area is 94.6 Å². The first kappa shape index (κ1) is 10.4. The molecule has 0 radical (unpaired) electrons. The molecule has 0 aliphatic carbocycles. The lowest BCUT2D eigenvalue weighted by Crippen LogP contribution is -1.95. The third kappa shape index (κ3) is 1.84. The van der Waals surface area contributed by atoms with Crippen molar-refractivity contribution in [1.29, 1.82) is 0 Å². The van der Waals surface area contributed by atoms with E-state index >= 15 is 0 Å². The quantitative estimate of drug-likeness (QED) is 0.775. The highest BCUT2D eigenvalue weighted by Gasteiger charge is 2.12. The molecule has 0 aliphatic heterocycles. The van der Waals surface area contributed by atoms with Crippen LogP contribution in [-0.4, -0.2) is 9.78 Å². The first-order chi connectivity index (χ1) is 7.24. The van der Waals surface area contributed by atoms with Gasteiger partial charge in [0, 0.05) is 17.5 Å². The van der Waals surface area contributed by atoms with Gasteiger partial charge < -0.3 is 0 Å². The van der Waals surface area contributed by atoms with Crippen LogP contribution in [-0.2, 0) is 13.5 Å². The maximum Gasteiger partial charge on any atom is 0.0719 e. The molecule has 2 aromatic heterocycles. The highest BCUT2D eigenvalue weighted by Crippen LogP contribution is 2.30. The molecule has 3 heteroatoms. The molecule has 15 heavy (non-hydrogen) atoms. The maximum absolute atomic E-state index is 4.29. The van der Waals surface area contributed by atoms with Gasteiger partial charge in [0.25, 0.3) is 0 Å². The van der Waals surface area contributed by atoms with Crippen molar-refractivity contribution in [3.05, 3.63) is 28.1 Å². The minimum Gasteiger partial charge on any atom is -0.268 e. The van der Waals surface area contributed by atoms with Crippen LogP contribution in [0.25, 0.3) is 11.3 Å². The zero-order valence-corrected chi connectivity index (χ0v) is 10.3. The van der Waals surface area contributed by atoms with Gasteiger partial charge in [0.1, 0.15) is 0 Å². The van der Waals surface area contributed by atoms with Gasteiger partial charge in [0.2, 0.25) is 0 Å². The number of thiophene rings is 1. The third-order valence-electron chi connectivity index (χ3n) is 2.60. The van der Waals surface area contributed by atoms with Gasteiger partial charge in [-0.3, -0.25) is 4.68 Å². The van der Waals surface area contributed by atoms with Gasteiger partial charge in [-0.1, -0.05) is 13.3 Å². The molecule has 0 atom stereocenters. The molecule has 2 nitrogen and oxygen atoms in total. The molecule has 0 aliphatic rings. The summed E-state index contributed by atoms with van der Waals surface area (Å²) in [6, 6.07) is 2.21. The van der Waals surface area contributed by atoms with Crippen LogP contribution in [0.2, 0.25) is 0 Å². The van der Waals surface area contributed by atoms with E-state index in [9.17, 15) is 0 Å². The standard InChI is InChI=1S/C12H16N2S/c1-4-5-11-10(6-7-15-11)12-9(2)8-13-14(12)3/h6-8H,4-5H2,1-3H3. The lowest BCUT2D eigenvalue weighted by molar-refractivity contribution is 0.774. The Hall–Kier alpha value is -1.09. The normalized spacial score (nSPS) is 10.9. The lowest BCUT2D eigenvalue weighted by Gasteiger charge is -2.04. The molecular formula is C12H16N2S. The fourth-order valence-electron chi connectivity index (χ4n) is 1.91. The van der Waals surface area contributed by atoms with Crippen LogP contribution < -0.4 is 0 Å². The second-order valence-electron chi connectivity index (χ2n) is 3.81. The third-order valence-corrected chi connectivity index (χ3v) is 3.58. The fraction of sp³-hybridized carbons (Fsp3) is 0.417. The highest BCUT2D eigenvalue weighted by molar-refractivity contribution is 7.10. The van der Waals surface area contributed by atoms with E-state index in [4.69, 9.17) is 0 Å². The van der Waals surface area contributed by atoms with Gasteiger partial charge >= 0.3 is 0 Å². The van der Waals surface area contributed by atoms with E-state index in [1.165, 1.54) is 28.1 Å². The van der Waals surface area contributed by atoms with E-state index in [0.29, 0.717) is 0 Å². The van der Waals surface area contributed by atoms with E-state index in [-0.39, 0.29) is 0 Å². The van der Waals surface area contributed by atoms with Crippen LogP contribution in [0.1, 0.15) is 23.8 Å². The lowest BCUT2D eigenvalue weighted by atomic mass is 10.1. The summed E-state index contributed by atoms with van der Waals surface area (Å²) < 4.78 is 1.97. The Balaban J connectivity index is 2.49. The molecule has 0 unspecified atom stereocenters. The minimum absolute atomic E-state index is 1.16. The Morgan fingerprint density at radius 2 is 2.27 bits per heavy atom. The monoisotopic (exact) mass is 220 g/mol. The van der Waals surface area contributed by atoms with Gasteiger partial charge in [-0.15, -0.1) is 11.3 Å². The summed E-state index contributed by atoms with van der Waals surface area (Å²) in [7, 11) is 2.01. The summed E-state index contributed by atoms with van der Waals surface area (Å²) in [6.45, 7) is 4.34. The van der Waals surface area contributed by atoms with E-state index in [1.54, 1.807) is 0 Å². The summed E-state index contributed by atoms with van der Waals surface area (Å²) in [5, 5.41) is 6.47. The van der Waals surface area contributed by atoms with Crippen LogP contribution >= 0.6 is 11.3 Å². The molecule has 0 N–H and O–H groups in total. The fourth-order valence-corrected chi connectivity index (χ4v) is 2.89. The summed E-state index contributed by atoms with van der Waals surface area (Å²) in [6.07, 6.45) is 4.30. The molecule has 80 valence electrons. The van der Waals surface area contributed by atoms with E-state index in [0.717, 1.165) is 6.42 Å². The van der Waals surface area contributed by atoms with Crippen molar-refractivity contribution in [1.82, 2.24) is 9.78 Å². The van der Waals surface area contributed by atoms with E-state index in [2.05, 4.69) is 30.4 Å². The highest BCUT2D eigenvalue weighted by atomic mass is 32.1. The maximum atomic E-state index is 4.29. The molecule has 0 fully saturated rings.